The van der Waals surface area contributed by atoms with E-state index < -0.39 is 5.97 Å². The third kappa shape index (κ3) is 2.40. The fourth-order valence-electron chi connectivity index (χ4n) is 1.87. The molecule has 0 aliphatic carbocycles. The van der Waals surface area contributed by atoms with Gasteiger partial charge in [0.15, 0.2) is 0 Å². The SMILES string of the molecule is N#Cc1ccc(N2CC(CC(=O)O)NC2=O)cc1. The van der Waals surface area contributed by atoms with Crippen LogP contribution in [-0.2, 0) is 4.79 Å². The Morgan fingerprint density at radius 1 is 1.50 bits per heavy atom. The summed E-state index contributed by atoms with van der Waals surface area (Å²) >= 11 is 0. The third-order valence-electron chi connectivity index (χ3n) is 2.70. The molecule has 2 N–H and O–H groups in total. The Hall–Kier alpha value is -2.55. The number of anilines is 1. The minimum absolute atomic E-state index is 0.0987. The van der Waals surface area contributed by atoms with Gasteiger partial charge in [-0.15, -0.1) is 0 Å². The maximum absolute atomic E-state index is 11.7. The van der Waals surface area contributed by atoms with Gasteiger partial charge in [0.25, 0.3) is 0 Å². The molecule has 1 atom stereocenters. The highest BCUT2D eigenvalue weighted by Gasteiger charge is 2.30. The summed E-state index contributed by atoms with van der Waals surface area (Å²) in [6, 6.07) is 7.87. The molecule has 1 aromatic carbocycles. The quantitative estimate of drug-likeness (QED) is 0.828. The number of aliphatic carboxylic acids is 1. The Bertz CT molecular complexity index is 518. The van der Waals surface area contributed by atoms with Crippen molar-refractivity contribution in [2.45, 2.75) is 12.5 Å². The van der Waals surface area contributed by atoms with Crippen molar-refractivity contribution in [3.63, 3.8) is 0 Å². The van der Waals surface area contributed by atoms with Crippen LogP contribution in [0.4, 0.5) is 10.5 Å². The normalized spacial score (nSPS) is 18.3. The number of amides is 2. The van der Waals surface area contributed by atoms with Crippen LogP contribution >= 0.6 is 0 Å². The summed E-state index contributed by atoms with van der Waals surface area (Å²) in [4.78, 5) is 23.7. The number of nitriles is 1. The Balaban J connectivity index is 2.11. The summed E-state index contributed by atoms with van der Waals surface area (Å²) < 4.78 is 0. The van der Waals surface area contributed by atoms with Gasteiger partial charge < -0.3 is 10.4 Å². The number of nitrogens with one attached hydrogen (secondary N) is 1. The van der Waals surface area contributed by atoms with E-state index in [0.29, 0.717) is 17.8 Å². The first-order valence-electron chi connectivity index (χ1n) is 5.40. The van der Waals surface area contributed by atoms with Crippen molar-refractivity contribution in [2.75, 3.05) is 11.4 Å². The molecule has 1 aliphatic heterocycles. The van der Waals surface area contributed by atoms with E-state index in [2.05, 4.69) is 5.32 Å². The number of carbonyl (C=O) groups excluding carboxylic acids is 1. The van der Waals surface area contributed by atoms with Crippen LogP contribution in [0.15, 0.2) is 24.3 Å². The van der Waals surface area contributed by atoms with Crippen molar-refractivity contribution in [2.24, 2.45) is 0 Å². The zero-order chi connectivity index (χ0) is 13.1. The number of carboxylic acids is 1. The van der Waals surface area contributed by atoms with Crippen LogP contribution in [0.5, 0.6) is 0 Å². The molecule has 0 aromatic heterocycles. The molecular formula is C12H11N3O3. The number of rotatable bonds is 3. The molecular weight excluding hydrogens is 234 g/mol. The summed E-state index contributed by atoms with van der Waals surface area (Å²) in [6.45, 7) is 0.317. The van der Waals surface area contributed by atoms with E-state index in [1.807, 2.05) is 6.07 Å². The lowest BCUT2D eigenvalue weighted by molar-refractivity contribution is -0.137. The summed E-state index contributed by atoms with van der Waals surface area (Å²) in [7, 11) is 0. The Labute approximate surface area is 103 Å². The van der Waals surface area contributed by atoms with Crippen LogP contribution in [0.25, 0.3) is 0 Å². The van der Waals surface area contributed by atoms with E-state index in [4.69, 9.17) is 10.4 Å². The van der Waals surface area contributed by atoms with E-state index in [9.17, 15) is 9.59 Å². The lowest BCUT2D eigenvalue weighted by Crippen LogP contribution is -2.29. The lowest BCUT2D eigenvalue weighted by Gasteiger charge is -2.14. The molecule has 1 aromatic rings. The van der Waals surface area contributed by atoms with Crippen molar-refractivity contribution in [1.82, 2.24) is 5.32 Å². The molecule has 18 heavy (non-hydrogen) atoms. The lowest BCUT2D eigenvalue weighted by atomic mass is 10.2. The van der Waals surface area contributed by atoms with Gasteiger partial charge in [-0.25, -0.2) is 4.79 Å². The molecule has 0 radical (unpaired) electrons. The molecule has 0 bridgehead atoms. The first-order chi connectivity index (χ1) is 8.60. The highest BCUT2D eigenvalue weighted by Crippen LogP contribution is 2.19. The van der Waals surface area contributed by atoms with Crippen LogP contribution in [0, 0.1) is 11.3 Å². The summed E-state index contributed by atoms with van der Waals surface area (Å²) in [5, 5.41) is 20.0. The second-order valence-corrected chi connectivity index (χ2v) is 4.01. The molecule has 1 saturated heterocycles. The molecule has 6 nitrogen and oxygen atoms in total. The predicted molar refractivity (Wildman–Crippen MR) is 63.1 cm³/mol. The molecule has 1 aliphatic rings. The number of nitrogens with zero attached hydrogens (tertiary/aromatic N) is 2. The molecule has 1 unspecified atom stereocenters. The predicted octanol–water partition coefficient (Wildman–Crippen LogP) is 0.931. The molecule has 2 amide bonds. The van der Waals surface area contributed by atoms with Crippen LogP contribution < -0.4 is 10.2 Å². The average molecular weight is 245 g/mol. The van der Waals surface area contributed by atoms with Gasteiger partial charge >= 0.3 is 12.0 Å². The van der Waals surface area contributed by atoms with Crippen molar-refractivity contribution in [1.29, 1.82) is 5.26 Å². The van der Waals surface area contributed by atoms with Gasteiger partial charge in [0.1, 0.15) is 0 Å². The molecule has 1 fully saturated rings. The maximum Gasteiger partial charge on any atom is 0.322 e. The van der Waals surface area contributed by atoms with Gasteiger partial charge in [-0.2, -0.15) is 5.26 Å². The number of hydrogen-bond donors (Lipinski definition) is 2. The first-order valence-corrected chi connectivity index (χ1v) is 5.40. The van der Waals surface area contributed by atoms with E-state index >= 15 is 0 Å². The standard InChI is InChI=1S/C12H11N3O3/c13-6-8-1-3-10(4-2-8)15-7-9(5-11(16)17)14-12(15)18/h1-4,9H,5,7H2,(H,14,18)(H,16,17). The maximum atomic E-state index is 11.7. The van der Waals surface area contributed by atoms with Crippen molar-refractivity contribution in [3.05, 3.63) is 29.8 Å². The fraction of sp³-hybridized carbons (Fsp3) is 0.250. The van der Waals surface area contributed by atoms with E-state index in [1.165, 1.54) is 4.90 Å². The fourth-order valence-corrected chi connectivity index (χ4v) is 1.87. The van der Waals surface area contributed by atoms with Gasteiger partial charge in [0.05, 0.1) is 24.1 Å². The van der Waals surface area contributed by atoms with Crippen molar-refractivity contribution >= 4 is 17.7 Å². The van der Waals surface area contributed by atoms with Crippen LogP contribution in [0.2, 0.25) is 0 Å². The molecule has 0 saturated carbocycles. The zero-order valence-corrected chi connectivity index (χ0v) is 9.46. The number of carboxylic acid groups (broad SMARTS) is 1. The number of benzene rings is 1. The van der Waals surface area contributed by atoms with Crippen molar-refractivity contribution in [3.8, 4) is 6.07 Å². The van der Waals surface area contributed by atoms with E-state index in [-0.39, 0.29) is 18.5 Å². The first kappa shape index (κ1) is 11.9. The largest absolute Gasteiger partial charge is 0.481 e. The highest BCUT2D eigenvalue weighted by atomic mass is 16.4. The van der Waals surface area contributed by atoms with Crippen LogP contribution in [0.1, 0.15) is 12.0 Å². The smallest absolute Gasteiger partial charge is 0.322 e. The number of hydrogen-bond acceptors (Lipinski definition) is 3. The summed E-state index contributed by atoms with van der Waals surface area (Å²) in [5.41, 5.74) is 1.17. The minimum atomic E-state index is -0.943. The molecule has 92 valence electrons. The van der Waals surface area contributed by atoms with Crippen LogP contribution in [0.3, 0.4) is 0 Å². The topological polar surface area (TPSA) is 93.4 Å². The Morgan fingerprint density at radius 3 is 2.72 bits per heavy atom. The monoisotopic (exact) mass is 245 g/mol. The van der Waals surface area contributed by atoms with Crippen LogP contribution in [-0.4, -0.2) is 29.7 Å². The van der Waals surface area contributed by atoms with E-state index in [1.54, 1.807) is 24.3 Å². The highest BCUT2D eigenvalue weighted by molar-refractivity contribution is 5.95. The molecule has 1 heterocycles. The molecule has 2 rings (SSSR count). The summed E-state index contributed by atoms with van der Waals surface area (Å²) in [5.74, 6) is -0.943. The molecule has 0 spiro atoms. The van der Waals surface area contributed by atoms with Gasteiger partial charge in [-0.3, -0.25) is 9.69 Å². The van der Waals surface area contributed by atoms with E-state index in [0.717, 1.165) is 0 Å². The second kappa shape index (κ2) is 4.75. The Morgan fingerprint density at radius 2 is 2.17 bits per heavy atom. The van der Waals surface area contributed by atoms with Gasteiger partial charge in [0.2, 0.25) is 0 Å². The minimum Gasteiger partial charge on any atom is -0.481 e. The average Bonchev–Trinajstić information content (AvgIpc) is 2.69. The third-order valence-corrected chi connectivity index (χ3v) is 2.70. The Kier molecular flexibility index (Phi) is 3.15. The second-order valence-electron chi connectivity index (χ2n) is 4.01. The van der Waals surface area contributed by atoms with Gasteiger partial charge in [-0.05, 0) is 24.3 Å². The summed E-state index contributed by atoms with van der Waals surface area (Å²) in [6.07, 6.45) is -0.0987. The van der Waals surface area contributed by atoms with Gasteiger partial charge in [-0.1, -0.05) is 0 Å². The molecule has 6 heteroatoms. The number of carbonyl (C=O) groups is 2. The number of urea groups is 1. The van der Waals surface area contributed by atoms with Crippen molar-refractivity contribution < 1.29 is 14.7 Å². The zero-order valence-electron chi connectivity index (χ0n) is 9.46. The van der Waals surface area contributed by atoms with Gasteiger partial charge in [0, 0.05) is 12.2 Å².